The summed E-state index contributed by atoms with van der Waals surface area (Å²) in [5, 5.41) is 0. The standard InChI is InChI=1S/C12H26N2/c1-10(2)9-14-6-4-12(5-7-14)8-11(3)13/h10-12H,4-9,13H2,1-3H3. The van der Waals surface area contributed by atoms with E-state index in [1.165, 1.54) is 38.9 Å². The van der Waals surface area contributed by atoms with Crippen LogP contribution in [0.1, 0.15) is 40.0 Å². The second-order valence-corrected chi connectivity index (χ2v) is 5.35. The maximum atomic E-state index is 5.83. The van der Waals surface area contributed by atoms with Crippen LogP contribution in [-0.4, -0.2) is 30.6 Å². The molecule has 0 aromatic heterocycles. The highest BCUT2D eigenvalue weighted by atomic mass is 15.1. The van der Waals surface area contributed by atoms with Gasteiger partial charge in [-0.25, -0.2) is 0 Å². The van der Waals surface area contributed by atoms with Crippen LogP contribution in [-0.2, 0) is 0 Å². The van der Waals surface area contributed by atoms with Crippen LogP contribution in [0.3, 0.4) is 0 Å². The van der Waals surface area contributed by atoms with Crippen molar-refractivity contribution in [3.63, 3.8) is 0 Å². The van der Waals surface area contributed by atoms with Crippen LogP contribution in [0.15, 0.2) is 0 Å². The SMILES string of the molecule is CC(C)CN1CCC(CC(C)N)CC1. The van der Waals surface area contributed by atoms with Crippen molar-refractivity contribution < 1.29 is 0 Å². The van der Waals surface area contributed by atoms with Crippen molar-refractivity contribution in [2.45, 2.75) is 46.1 Å². The lowest BCUT2D eigenvalue weighted by molar-refractivity contribution is 0.160. The first-order chi connectivity index (χ1) is 6.58. The van der Waals surface area contributed by atoms with Gasteiger partial charge in [-0.3, -0.25) is 0 Å². The summed E-state index contributed by atoms with van der Waals surface area (Å²) in [4.78, 5) is 2.60. The Balaban J connectivity index is 2.17. The highest BCUT2D eigenvalue weighted by Crippen LogP contribution is 2.21. The predicted molar refractivity (Wildman–Crippen MR) is 62.3 cm³/mol. The maximum absolute atomic E-state index is 5.83. The molecule has 1 unspecified atom stereocenters. The predicted octanol–water partition coefficient (Wildman–Crippen LogP) is 2.09. The van der Waals surface area contributed by atoms with Crippen molar-refractivity contribution >= 4 is 0 Å². The molecule has 1 atom stereocenters. The Hall–Kier alpha value is -0.0800. The van der Waals surface area contributed by atoms with Crippen molar-refractivity contribution in [1.29, 1.82) is 0 Å². The molecule has 14 heavy (non-hydrogen) atoms. The second kappa shape index (κ2) is 5.72. The third-order valence-electron chi connectivity index (χ3n) is 3.04. The molecule has 0 amide bonds. The number of likely N-dealkylation sites (tertiary alicyclic amines) is 1. The summed E-state index contributed by atoms with van der Waals surface area (Å²) >= 11 is 0. The van der Waals surface area contributed by atoms with Crippen LogP contribution in [0.2, 0.25) is 0 Å². The molecule has 1 rings (SSSR count). The zero-order chi connectivity index (χ0) is 10.6. The van der Waals surface area contributed by atoms with Crippen molar-refractivity contribution in [1.82, 2.24) is 4.90 Å². The van der Waals surface area contributed by atoms with Gasteiger partial charge in [0.2, 0.25) is 0 Å². The van der Waals surface area contributed by atoms with Gasteiger partial charge in [-0.1, -0.05) is 13.8 Å². The second-order valence-electron chi connectivity index (χ2n) is 5.35. The molecule has 84 valence electrons. The molecule has 0 aliphatic carbocycles. The minimum atomic E-state index is 0.386. The van der Waals surface area contributed by atoms with E-state index in [-0.39, 0.29) is 0 Å². The van der Waals surface area contributed by atoms with Crippen molar-refractivity contribution in [2.24, 2.45) is 17.6 Å². The van der Waals surface area contributed by atoms with Gasteiger partial charge in [0, 0.05) is 12.6 Å². The van der Waals surface area contributed by atoms with Gasteiger partial charge in [0.05, 0.1) is 0 Å². The summed E-state index contributed by atoms with van der Waals surface area (Å²) in [6.45, 7) is 10.6. The van der Waals surface area contributed by atoms with Gasteiger partial charge in [-0.05, 0) is 51.1 Å². The van der Waals surface area contributed by atoms with E-state index >= 15 is 0 Å². The van der Waals surface area contributed by atoms with Crippen molar-refractivity contribution in [3.05, 3.63) is 0 Å². The van der Waals surface area contributed by atoms with Crippen LogP contribution < -0.4 is 5.73 Å². The van der Waals surface area contributed by atoms with Gasteiger partial charge in [0.25, 0.3) is 0 Å². The zero-order valence-electron chi connectivity index (χ0n) is 10.00. The van der Waals surface area contributed by atoms with E-state index in [9.17, 15) is 0 Å². The fourth-order valence-electron chi connectivity index (χ4n) is 2.45. The molecule has 2 heteroatoms. The lowest BCUT2D eigenvalue weighted by atomic mass is 9.90. The lowest BCUT2D eigenvalue weighted by Gasteiger charge is -2.33. The number of nitrogens with zero attached hydrogens (tertiary/aromatic N) is 1. The Morgan fingerprint density at radius 1 is 1.21 bits per heavy atom. The van der Waals surface area contributed by atoms with Gasteiger partial charge in [0.1, 0.15) is 0 Å². The van der Waals surface area contributed by atoms with Gasteiger partial charge in [-0.2, -0.15) is 0 Å². The summed E-state index contributed by atoms with van der Waals surface area (Å²) in [5.41, 5.74) is 5.83. The normalized spacial score (nSPS) is 22.9. The first-order valence-electron chi connectivity index (χ1n) is 6.06. The highest BCUT2D eigenvalue weighted by molar-refractivity contribution is 4.75. The number of nitrogens with two attached hydrogens (primary N) is 1. The van der Waals surface area contributed by atoms with Gasteiger partial charge >= 0.3 is 0 Å². The Kier molecular flexibility index (Phi) is 4.90. The van der Waals surface area contributed by atoms with E-state index < -0.39 is 0 Å². The molecule has 0 aromatic carbocycles. The molecule has 1 saturated heterocycles. The molecule has 0 radical (unpaired) electrons. The zero-order valence-corrected chi connectivity index (χ0v) is 10.00. The summed E-state index contributed by atoms with van der Waals surface area (Å²) in [6.07, 6.45) is 3.93. The Labute approximate surface area is 88.8 Å². The lowest BCUT2D eigenvalue weighted by Crippen LogP contribution is -2.37. The largest absolute Gasteiger partial charge is 0.328 e. The van der Waals surface area contributed by atoms with Crippen molar-refractivity contribution in [3.8, 4) is 0 Å². The molecule has 0 bridgehead atoms. The van der Waals surface area contributed by atoms with E-state index in [2.05, 4.69) is 25.7 Å². The third kappa shape index (κ3) is 4.43. The van der Waals surface area contributed by atoms with Crippen LogP contribution in [0, 0.1) is 11.8 Å². The van der Waals surface area contributed by atoms with E-state index in [0.29, 0.717) is 6.04 Å². The van der Waals surface area contributed by atoms with Crippen LogP contribution in [0.25, 0.3) is 0 Å². The minimum Gasteiger partial charge on any atom is -0.328 e. The first-order valence-corrected chi connectivity index (χ1v) is 6.06. The maximum Gasteiger partial charge on any atom is 0.00131 e. The van der Waals surface area contributed by atoms with E-state index in [0.717, 1.165) is 11.8 Å². The molecule has 0 spiro atoms. The molecule has 1 aliphatic rings. The average Bonchev–Trinajstić information content (AvgIpc) is 2.06. The van der Waals surface area contributed by atoms with Gasteiger partial charge in [0.15, 0.2) is 0 Å². The van der Waals surface area contributed by atoms with Crippen LogP contribution in [0.4, 0.5) is 0 Å². The van der Waals surface area contributed by atoms with Crippen LogP contribution in [0.5, 0.6) is 0 Å². The molecule has 1 aliphatic heterocycles. The molecular weight excluding hydrogens is 172 g/mol. The summed E-state index contributed by atoms with van der Waals surface area (Å²) < 4.78 is 0. The number of hydrogen-bond donors (Lipinski definition) is 1. The highest BCUT2D eigenvalue weighted by Gasteiger charge is 2.20. The molecule has 0 saturated carbocycles. The molecule has 2 N–H and O–H groups in total. The molecule has 2 nitrogen and oxygen atoms in total. The smallest absolute Gasteiger partial charge is 0.00131 e. The minimum absolute atomic E-state index is 0.386. The number of hydrogen-bond acceptors (Lipinski definition) is 2. The topological polar surface area (TPSA) is 29.3 Å². The Bertz CT molecular complexity index is 128. The molecule has 1 heterocycles. The van der Waals surface area contributed by atoms with Crippen molar-refractivity contribution in [2.75, 3.05) is 19.6 Å². The van der Waals surface area contributed by atoms with Crippen LogP contribution >= 0.6 is 0 Å². The molecule has 0 aromatic rings. The fourth-order valence-corrected chi connectivity index (χ4v) is 2.45. The third-order valence-corrected chi connectivity index (χ3v) is 3.04. The monoisotopic (exact) mass is 198 g/mol. The number of piperidine rings is 1. The van der Waals surface area contributed by atoms with E-state index in [1.54, 1.807) is 0 Å². The first kappa shape index (κ1) is 12.0. The Morgan fingerprint density at radius 3 is 2.21 bits per heavy atom. The Morgan fingerprint density at radius 2 is 1.79 bits per heavy atom. The molecular formula is C12H26N2. The quantitative estimate of drug-likeness (QED) is 0.749. The van der Waals surface area contributed by atoms with E-state index in [4.69, 9.17) is 5.73 Å². The molecule has 1 fully saturated rings. The summed E-state index contributed by atoms with van der Waals surface area (Å²) in [6, 6.07) is 0.386. The van der Waals surface area contributed by atoms with Gasteiger partial charge in [-0.15, -0.1) is 0 Å². The summed E-state index contributed by atoms with van der Waals surface area (Å²) in [7, 11) is 0. The summed E-state index contributed by atoms with van der Waals surface area (Å²) in [5.74, 6) is 1.69. The average molecular weight is 198 g/mol. The van der Waals surface area contributed by atoms with Gasteiger partial charge < -0.3 is 10.6 Å². The van der Waals surface area contributed by atoms with E-state index in [1.807, 2.05) is 0 Å². The fraction of sp³-hybridized carbons (Fsp3) is 1.00. The number of rotatable bonds is 4.